The Labute approximate surface area is 160 Å². The first-order valence-electron chi connectivity index (χ1n) is 8.87. The molecule has 0 radical (unpaired) electrons. The van der Waals surface area contributed by atoms with Crippen LogP contribution < -0.4 is 0 Å². The van der Waals surface area contributed by atoms with Crippen LogP contribution in [0.1, 0.15) is 36.3 Å². The molecule has 5 atom stereocenters. The van der Waals surface area contributed by atoms with Gasteiger partial charge in [-0.3, -0.25) is 9.59 Å². The summed E-state index contributed by atoms with van der Waals surface area (Å²) >= 11 is 7.48. The number of halogens is 1. The van der Waals surface area contributed by atoms with E-state index in [2.05, 4.69) is 0 Å². The van der Waals surface area contributed by atoms with Gasteiger partial charge in [-0.15, -0.1) is 11.3 Å². The molecule has 134 valence electrons. The molecular formula is C20H18ClNO3S. The van der Waals surface area contributed by atoms with E-state index in [1.165, 1.54) is 11.3 Å². The third kappa shape index (κ3) is 2.14. The standard InChI is InChI=1S/C20H18ClNO3S/c1-9-16(22-19(26-9)10-3-5-11(21)6-4-10)14-17(23)13-12-7-8-20(2,25-12)15(13)18(14)24/h3-6,12-15H,7-8H2,1-2H3/t12-,13+,14?,15-,20-/m1/s1. The van der Waals surface area contributed by atoms with E-state index in [0.717, 1.165) is 28.3 Å². The van der Waals surface area contributed by atoms with Gasteiger partial charge in [-0.25, -0.2) is 4.98 Å². The molecule has 4 nitrogen and oxygen atoms in total. The maximum absolute atomic E-state index is 13.2. The number of hydrogen-bond acceptors (Lipinski definition) is 5. The second kappa shape index (κ2) is 5.47. The Morgan fingerprint density at radius 3 is 2.65 bits per heavy atom. The molecule has 1 unspecified atom stereocenters. The van der Waals surface area contributed by atoms with Crippen molar-refractivity contribution >= 4 is 34.5 Å². The second-order valence-electron chi connectivity index (χ2n) is 7.72. The molecule has 0 N–H and O–H groups in total. The normalized spacial score (nSPS) is 35.3. The number of carbonyl (C=O) groups excluding carboxylic acids is 2. The van der Waals surface area contributed by atoms with Crippen LogP contribution in [-0.4, -0.2) is 28.3 Å². The van der Waals surface area contributed by atoms with Crippen LogP contribution in [0.4, 0.5) is 0 Å². The van der Waals surface area contributed by atoms with Gasteiger partial charge in [0.2, 0.25) is 0 Å². The Morgan fingerprint density at radius 1 is 1.23 bits per heavy atom. The number of carbonyl (C=O) groups is 2. The lowest BCUT2D eigenvalue weighted by Crippen LogP contribution is -2.37. The number of hydrogen-bond donors (Lipinski definition) is 0. The number of aromatic nitrogens is 1. The van der Waals surface area contributed by atoms with Gasteiger partial charge in [0.15, 0.2) is 11.6 Å². The van der Waals surface area contributed by atoms with Gasteiger partial charge in [0.05, 0.1) is 29.2 Å². The zero-order valence-electron chi connectivity index (χ0n) is 14.5. The fourth-order valence-electron chi connectivity index (χ4n) is 4.97. The molecule has 2 bridgehead atoms. The highest BCUT2D eigenvalue weighted by atomic mass is 35.5. The molecule has 3 heterocycles. The van der Waals surface area contributed by atoms with Crippen molar-refractivity contribution in [3.8, 4) is 10.6 Å². The summed E-state index contributed by atoms with van der Waals surface area (Å²) in [6, 6.07) is 7.46. The molecular weight excluding hydrogens is 370 g/mol. The minimum atomic E-state index is -0.730. The van der Waals surface area contributed by atoms with Crippen LogP contribution in [0.3, 0.4) is 0 Å². The third-order valence-electron chi connectivity index (χ3n) is 6.16. The van der Waals surface area contributed by atoms with Gasteiger partial charge in [0, 0.05) is 15.5 Å². The van der Waals surface area contributed by atoms with Crippen molar-refractivity contribution < 1.29 is 14.3 Å². The molecule has 1 saturated carbocycles. The van der Waals surface area contributed by atoms with Crippen LogP contribution in [-0.2, 0) is 14.3 Å². The smallest absolute Gasteiger partial charge is 0.156 e. The number of Topliss-reactive ketones (excluding diaryl/α,β-unsaturated/α-hetero) is 2. The number of rotatable bonds is 2. The molecule has 6 heteroatoms. The van der Waals surface area contributed by atoms with Crippen LogP contribution in [0, 0.1) is 18.8 Å². The van der Waals surface area contributed by atoms with E-state index in [4.69, 9.17) is 21.3 Å². The molecule has 1 aromatic heterocycles. The molecule has 26 heavy (non-hydrogen) atoms. The van der Waals surface area contributed by atoms with Gasteiger partial charge in [-0.2, -0.15) is 0 Å². The Hall–Kier alpha value is -1.56. The molecule has 2 saturated heterocycles. The van der Waals surface area contributed by atoms with E-state index in [9.17, 15) is 9.59 Å². The predicted molar refractivity (Wildman–Crippen MR) is 99.5 cm³/mol. The molecule has 2 aliphatic heterocycles. The fraction of sp³-hybridized carbons (Fsp3) is 0.450. The summed E-state index contributed by atoms with van der Waals surface area (Å²) < 4.78 is 6.00. The number of ether oxygens (including phenoxy) is 1. The highest BCUT2D eigenvalue weighted by Crippen LogP contribution is 2.58. The quantitative estimate of drug-likeness (QED) is 0.725. The zero-order chi connectivity index (χ0) is 18.2. The molecule has 1 aliphatic carbocycles. The number of thiazole rings is 1. The lowest BCUT2D eigenvalue weighted by molar-refractivity contribution is -0.129. The predicted octanol–water partition coefficient (Wildman–Crippen LogP) is 4.19. The van der Waals surface area contributed by atoms with Gasteiger partial charge >= 0.3 is 0 Å². The first-order valence-corrected chi connectivity index (χ1v) is 10.1. The van der Waals surface area contributed by atoms with Gasteiger partial charge in [-0.05, 0) is 38.8 Å². The summed E-state index contributed by atoms with van der Waals surface area (Å²) in [5.41, 5.74) is 1.11. The van der Waals surface area contributed by atoms with Gasteiger partial charge in [0.1, 0.15) is 10.9 Å². The summed E-state index contributed by atoms with van der Waals surface area (Å²) in [7, 11) is 0. The molecule has 0 amide bonds. The van der Waals surface area contributed by atoms with Gasteiger partial charge in [0.25, 0.3) is 0 Å². The first-order chi connectivity index (χ1) is 12.4. The van der Waals surface area contributed by atoms with Crippen LogP contribution in [0.25, 0.3) is 10.6 Å². The lowest BCUT2D eigenvalue weighted by Gasteiger charge is -2.26. The first kappa shape index (κ1) is 16.6. The number of nitrogens with zero attached hydrogens (tertiary/aromatic N) is 1. The van der Waals surface area contributed by atoms with Crippen LogP contribution in [0.2, 0.25) is 5.02 Å². The Kier molecular flexibility index (Phi) is 3.49. The lowest BCUT2D eigenvalue weighted by atomic mass is 9.74. The van der Waals surface area contributed by atoms with Crippen molar-refractivity contribution in [1.82, 2.24) is 4.98 Å². The number of aryl methyl sites for hydroxylation is 1. The van der Waals surface area contributed by atoms with Crippen molar-refractivity contribution in [2.75, 3.05) is 0 Å². The largest absolute Gasteiger partial charge is 0.370 e. The average Bonchev–Trinajstić information content (AvgIpc) is 3.30. The summed E-state index contributed by atoms with van der Waals surface area (Å²) in [5, 5.41) is 1.48. The zero-order valence-corrected chi connectivity index (χ0v) is 16.1. The van der Waals surface area contributed by atoms with E-state index in [1.807, 2.05) is 38.1 Å². The van der Waals surface area contributed by atoms with Crippen molar-refractivity contribution in [1.29, 1.82) is 0 Å². The van der Waals surface area contributed by atoms with E-state index >= 15 is 0 Å². The number of ketones is 2. The maximum Gasteiger partial charge on any atom is 0.156 e. The third-order valence-corrected chi connectivity index (χ3v) is 7.45. The highest BCUT2D eigenvalue weighted by Gasteiger charge is 2.68. The van der Waals surface area contributed by atoms with Crippen molar-refractivity contribution in [2.45, 2.75) is 44.3 Å². The molecule has 5 rings (SSSR count). The minimum Gasteiger partial charge on any atom is -0.370 e. The molecule has 3 aliphatic rings. The van der Waals surface area contributed by atoms with Gasteiger partial charge in [-0.1, -0.05) is 23.7 Å². The second-order valence-corrected chi connectivity index (χ2v) is 9.36. The highest BCUT2D eigenvalue weighted by molar-refractivity contribution is 7.15. The van der Waals surface area contributed by atoms with Crippen molar-refractivity contribution in [3.05, 3.63) is 39.9 Å². The van der Waals surface area contributed by atoms with Crippen LogP contribution in [0.15, 0.2) is 24.3 Å². The molecule has 0 spiro atoms. The summed E-state index contributed by atoms with van der Waals surface area (Å²) in [6.45, 7) is 3.92. The average molecular weight is 388 g/mol. The minimum absolute atomic E-state index is 0.000700. The Balaban J connectivity index is 1.54. The van der Waals surface area contributed by atoms with Crippen molar-refractivity contribution in [2.24, 2.45) is 11.8 Å². The summed E-state index contributed by atoms with van der Waals surface area (Å²) in [6.07, 6.45) is 1.63. The fourth-order valence-corrected chi connectivity index (χ4v) is 6.05. The number of benzene rings is 1. The van der Waals surface area contributed by atoms with E-state index in [-0.39, 0.29) is 29.5 Å². The SMILES string of the molecule is Cc1sc(-c2ccc(Cl)cc2)nc1C1C(=O)[C@H]2[C@H]3CC[C@@](C)(O3)[C@H]2C1=O. The van der Waals surface area contributed by atoms with Crippen molar-refractivity contribution in [3.63, 3.8) is 0 Å². The van der Waals surface area contributed by atoms with E-state index < -0.39 is 11.5 Å². The molecule has 2 aromatic rings. The van der Waals surface area contributed by atoms with Gasteiger partial charge < -0.3 is 4.74 Å². The van der Waals surface area contributed by atoms with E-state index in [1.54, 1.807) is 0 Å². The molecule has 1 aromatic carbocycles. The number of fused-ring (bicyclic) bond motifs is 5. The summed E-state index contributed by atoms with van der Waals surface area (Å²) in [4.78, 5) is 31.9. The maximum atomic E-state index is 13.2. The van der Waals surface area contributed by atoms with E-state index in [0.29, 0.717) is 10.7 Å². The summed E-state index contributed by atoms with van der Waals surface area (Å²) in [5.74, 6) is -1.32. The van der Waals surface area contributed by atoms with Crippen LogP contribution in [0.5, 0.6) is 0 Å². The molecule has 3 fully saturated rings. The topological polar surface area (TPSA) is 56.3 Å². The Morgan fingerprint density at radius 2 is 1.96 bits per heavy atom. The van der Waals surface area contributed by atoms with Crippen LogP contribution >= 0.6 is 22.9 Å². The Bertz CT molecular complexity index is 937. The monoisotopic (exact) mass is 387 g/mol.